The topological polar surface area (TPSA) is 49.8 Å². The fourth-order valence-electron chi connectivity index (χ4n) is 1.59. The van der Waals surface area contributed by atoms with Crippen LogP contribution in [0.2, 0.25) is 5.15 Å². The van der Waals surface area contributed by atoms with E-state index in [1.807, 2.05) is 0 Å². The summed E-state index contributed by atoms with van der Waals surface area (Å²) in [4.78, 5) is 7.88. The number of hydrogen-bond donors (Lipinski definition) is 2. The third-order valence-corrected chi connectivity index (χ3v) is 2.53. The molecule has 0 aliphatic carbocycles. The smallest absolute Gasteiger partial charge is 0.134 e. The molecule has 1 aliphatic heterocycles. The van der Waals surface area contributed by atoms with Crippen LogP contribution in [0.3, 0.4) is 0 Å². The molecule has 0 amide bonds. The molecule has 4 nitrogen and oxygen atoms in total. The van der Waals surface area contributed by atoms with Crippen molar-refractivity contribution >= 4 is 17.4 Å². The summed E-state index contributed by atoms with van der Waals surface area (Å²) in [5.41, 5.74) is 0. The van der Waals surface area contributed by atoms with Gasteiger partial charge in [-0.3, -0.25) is 0 Å². The van der Waals surface area contributed by atoms with Crippen molar-refractivity contribution in [2.45, 2.75) is 18.9 Å². The van der Waals surface area contributed by atoms with Gasteiger partial charge in [0.2, 0.25) is 0 Å². The minimum absolute atomic E-state index is 0.474. The Labute approximate surface area is 88.1 Å². The number of anilines is 1. The Balaban J connectivity index is 1.85. The highest BCUT2D eigenvalue weighted by atomic mass is 35.5. The number of hydrogen-bond acceptors (Lipinski definition) is 4. The van der Waals surface area contributed by atoms with Crippen molar-refractivity contribution in [3.8, 4) is 0 Å². The summed E-state index contributed by atoms with van der Waals surface area (Å²) in [7, 11) is 0. The van der Waals surface area contributed by atoms with Gasteiger partial charge in [0.15, 0.2) is 0 Å². The molecule has 0 spiro atoms. The lowest BCUT2D eigenvalue weighted by atomic mass is 10.2. The minimum atomic E-state index is 0.474. The van der Waals surface area contributed by atoms with E-state index in [1.54, 1.807) is 6.07 Å². The van der Waals surface area contributed by atoms with Crippen molar-refractivity contribution in [1.29, 1.82) is 0 Å². The minimum Gasteiger partial charge on any atom is -0.368 e. The van der Waals surface area contributed by atoms with Crippen molar-refractivity contribution < 1.29 is 0 Å². The first-order chi connectivity index (χ1) is 6.84. The second kappa shape index (κ2) is 4.57. The molecule has 0 unspecified atom stereocenters. The molecule has 0 bridgehead atoms. The Hall–Kier alpha value is -0.870. The quantitative estimate of drug-likeness (QED) is 0.742. The van der Waals surface area contributed by atoms with Crippen LogP contribution in [-0.2, 0) is 0 Å². The van der Waals surface area contributed by atoms with E-state index in [0.717, 1.165) is 18.9 Å². The van der Waals surface area contributed by atoms with Gasteiger partial charge in [-0.05, 0) is 19.4 Å². The molecule has 5 heteroatoms. The van der Waals surface area contributed by atoms with Crippen molar-refractivity contribution in [3.63, 3.8) is 0 Å². The van der Waals surface area contributed by atoms with Gasteiger partial charge in [0.1, 0.15) is 17.3 Å². The Morgan fingerprint density at radius 2 is 2.50 bits per heavy atom. The van der Waals surface area contributed by atoms with E-state index in [9.17, 15) is 0 Å². The highest BCUT2D eigenvalue weighted by Gasteiger charge is 2.13. The van der Waals surface area contributed by atoms with Crippen LogP contribution in [0.25, 0.3) is 0 Å². The maximum absolute atomic E-state index is 5.73. The SMILES string of the molecule is Clc1cc(NC[C@H]2CCCN2)ncn1. The zero-order chi connectivity index (χ0) is 9.80. The van der Waals surface area contributed by atoms with E-state index < -0.39 is 0 Å². The number of aromatic nitrogens is 2. The van der Waals surface area contributed by atoms with Crippen molar-refractivity contribution in [2.24, 2.45) is 0 Å². The van der Waals surface area contributed by atoms with E-state index in [1.165, 1.54) is 19.2 Å². The third kappa shape index (κ3) is 2.56. The first kappa shape index (κ1) is 9.68. The van der Waals surface area contributed by atoms with Gasteiger partial charge in [-0.2, -0.15) is 0 Å². The van der Waals surface area contributed by atoms with Crippen LogP contribution in [0.5, 0.6) is 0 Å². The molecule has 2 rings (SSSR count). The van der Waals surface area contributed by atoms with Gasteiger partial charge in [-0.1, -0.05) is 11.6 Å². The van der Waals surface area contributed by atoms with Crippen LogP contribution in [0.1, 0.15) is 12.8 Å². The molecule has 2 N–H and O–H groups in total. The molecule has 2 heterocycles. The monoisotopic (exact) mass is 212 g/mol. The average molecular weight is 213 g/mol. The lowest BCUT2D eigenvalue weighted by Gasteiger charge is -2.11. The number of nitrogens with one attached hydrogen (secondary N) is 2. The summed E-state index contributed by atoms with van der Waals surface area (Å²) < 4.78 is 0. The standard InChI is InChI=1S/C9H13ClN4/c10-8-4-9(14-6-13-8)12-5-7-2-1-3-11-7/h4,6-7,11H,1-3,5H2,(H,12,13,14)/t7-/m1/s1. The van der Waals surface area contributed by atoms with E-state index >= 15 is 0 Å². The Kier molecular flexibility index (Phi) is 3.16. The Morgan fingerprint density at radius 1 is 1.57 bits per heavy atom. The van der Waals surface area contributed by atoms with Gasteiger partial charge >= 0.3 is 0 Å². The number of halogens is 1. The largest absolute Gasteiger partial charge is 0.368 e. The van der Waals surface area contributed by atoms with Gasteiger partial charge in [-0.25, -0.2) is 9.97 Å². The molecule has 1 aliphatic rings. The lowest BCUT2D eigenvalue weighted by molar-refractivity contribution is 0.632. The maximum Gasteiger partial charge on any atom is 0.134 e. The predicted molar refractivity (Wildman–Crippen MR) is 56.6 cm³/mol. The van der Waals surface area contributed by atoms with Crippen molar-refractivity contribution in [3.05, 3.63) is 17.5 Å². The fourth-order valence-corrected chi connectivity index (χ4v) is 1.74. The Bertz CT molecular complexity index is 299. The van der Waals surface area contributed by atoms with Crippen LogP contribution in [0.15, 0.2) is 12.4 Å². The molecule has 14 heavy (non-hydrogen) atoms. The molecule has 0 radical (unpaired) electrons. The van der Waals surface area contributed by atoms with Crippen LogP contribution in [0.4, 0.5) is 5.82 Å². The summed E-state index contributed by atoms with van der Waals surface area (Å²) in [6.45, 7) is 2.02. The van der Waals surface area contributed by atoms with Crippen LogP contribution < -0.4 is 10.6 Å². The predicted octanol–water partition coefficient (Wildman–Crippen LogP) is 1.29. The van der Waals surface area contributed by atoms with Crippen LogP contribution >= 0.6 is 11.6 Å². The van der Waals surface area contributed by atoms with Crippen LogP contribution in [-0.4, -0.2) is 29.1 Å². The molecule has 0 saturated carbocycles. The maximum atomic E-state index is 5.73. The zero-order valence-electron chi connectivity index (χ0n) is 7.83. The Morgan fingerprint density at radius 3 is 3.21 bits per heavy atom. The fraction of sp³-hybridized carbons (Fsp3) is 0.556. The summed E-state index contributed by atoms with van der Waals surface area (Å²) in [5.74, 6) is 0.790. The summed E-state index contributed by atoms with van der Waals surface area (Å²) in [6.07, 6.45) is 3.95. The van der Waals surface area contributed by atoms with E-state index in [4.69, 9.17) is 11.6 Å². The van der Waals surface area contributed by atoms with Crippen molar-refractivity contribution in [2.75, 3.05) is 18.4 Å². The van der Waals surface area contributed by atoms with E-state index in [0.29, 0.717) is 11.2 Å². The average Bonchev–Trinajstić information content (AvgIpc) is 2.67. The van der Waals surface area contributed by atoms with Gasteiger partial charge in [0.25, 0.3) is 0 Å². The third-order valence-electron chi connectivity index (χ3n) is 2.33. The second-order valence-corrected chi connectivity index (χ2v) is 3.79. The molecule has 76 valence electrons. The first-order valence-corrected chi connectivity index (χ1v) is 5.17. The summed E-state index contributed by atoms with van der Waals surface area (Å²) >= 11 is 5.73. The van der Waals surface area contributed by atoms with Crippen molar-refractivity contribution in [1.82, 2.24) is 15.3 Å². The van der Waals surface area contributed by atoms with E-state index in [-0.39, 0.29) is 0 Å². The molecular formula is C9H13ClN4. The van der Waals surface area contributed by atoms with Gasteiger partial charge in [0, 0.05) is 18.7 Å². The summed E-state index contributed by atoms with van der Waals surface area (Å²) in [6, 6.07) is 2.29. The summed E-state index contributed by atoms with van der Waals surface area (Å²) in [5, 5.41) is 7.11. The molecule has 1 saturated heterocycles. The highest BCUT2D eigenvalue weighted by Crippen LogP contribution is 2.10. The van der Waals surface area contributed by atoms with E-state index in [2.05, 4.69) is 20.6 Å². The normalized spacial score (nSPS) is 21.1. The highest BCUT2D eigenvalue weighted by molar-refractivity contribution is 6.29. The van der Waals surface area contributed by atoms with Gasteiger partial charge in [-0.15, -0.1) is 0 Å². The molecular weight excluding hydrogens is 200 g/mol. The molecule has 1 aromatic rings. The number of rotatable bonds is 3. The molecule has 1 atom stereocenters. The molecule has 0 aromatic carbocycles. The van der Waals surface area contributed by atoms with Gasteiger partial charge < -0.3 is 10.6 Å². The molecule has 1 fully saturated rings. The first-order valence-electron chi connectivity index (χ1n) is 4.79. The van der Waals surface area contributed by atoms with Crippen LogP contribution in [0, 0.1) is 0 Å². The number of nitrogens with zero attached hydrogens (tertiary/aromatic N) is 2. The molecule has 1 aromatic heterocycles. The zero-order valence-corrected chi connectivity index (χ0v) is 8.59. The second-order valence-electron chi connectivity index (χ2n) is 3.40. The lowest BCUT2D eigenvalue weighted by Crippen LogP contribution is -2.29. The van der Waals surface area contributed by atoms with Gasteiger partial charge in [0.05, 0.1) is 0 Å².